The van der Waals surface area contributed by atoms with E-state index < -0.39 is 0 Å². The zero-order chi connectivity index (χ0) is 15.2. The fraction of sp³-hybridized carbons (Fsp3) is 0.125. The molecule has 0 radical (unpaired) electrons. The predicted molar refractivity (Wildman–Crippen MR) is 84.7 cm³/mol. The number of rotatable bonds is 2. The minimum absolute atomic E-state index is 0.743. The van der Waals surface area contributed by atoms with Gasteiger partial charge in [0.15, 0.2) is 11.5 Å². The van der Waals surface area contributed by atoms with Gasteiger partial charge in [0.25, 0.3) is 0 Å². The average Bonchev–Trinajstić information content (AvgIpc) is 3.29. The molecule has 3 aromatic heterocycles. The molecule has 0 fully saturated rings. The van der Waals surface area contributed by atoms with Crippen molar-refractivity contribution < 1.29 is 0 Å². The van der Waals surface area contributed by atoms with E-state index in [9.17, 15) is 0 Å². The van der Waals surface area contributed by atoms with Gasteiger partial charge in [-0.2, -0.15) is 9.61 Å². The van der Waals surface area contributed by atoms with E-state index in [1.54, 1.807) is 4.52 Å². The van der Waals surface area contributed by atoms with Gasteiger partial charge in [0, 0.05) is 17.7 Å². The van der Waals surface area contributed by atoms with Crippen molar-refractivity contribution in [3.05, 3.63) is 59.9 Å². The number of aromatic amines is 1. The Balaban J connectivity index is 1.58. The second-order valence-corrected chi connectivity index (χ2v) is 5.58. The lowest BCUT2D eigenvalue weighted by Crippen LogP contribution is -2.17. The molecule has 1 N–H and O–H groups in total. The zero-order valence-corrected chi connectivity index (χ0v) is 12.2. The molecular weight excluding hydrogens is 290 g/mol. The lowest BCUT2D eigenvalue weighted by Gasteiger charge is -2.16. The van der Waals surface area contributed by atoms with Crippen molar-refractivity contribution in [3.8, 4) is 11.4 Å². The summed E-state index contributed by atoms with van der Waals surface area (Å²) in [6.45, 7) is 1.60. The molecule has 7 heteroatoms. The molecule has 0 bridgehead atoms. The quantitative estimate of drug-likeness (QED) is 0.613. The van der Waals surface area contributed by atoms with E-state index in [4.69, 9.17) is 5.10 Å². The Labute approximate surface area is 131 Å². The molecule has 0 amide bonds. The van der Waals surface area contributed by atoms with Gasteiger partial charge in [-0.25, -0.2) is 0 Å². The molecule has 0 saturated heterocycles. The summed E-state index contributed by atoms with van der Waals surface area (Å²) in [5, 5.41) is 20.3. The molecule has 1 aliphatic rings. The molecule has 0 atom stereocenters. The van der Waals surface area contributed by atoms with Crippen molar-refractivity contribution in [2.45, 2.75) is 13.1 Å². The normalized spacial score (nSPS) is 13.7. The standard InChI is InChI=1S/C16H13N7/c1-2-4-11(5-3-1)16-20-19-14-6-7-15(21-23(14)16)22-9-12-8-17-18-13(12)10-22/h1-8H,9-10H2,(H,17,18). The minimum Gasteiger partial charge on any atom is -0.345 e. The van der Waals surface area contributed by atoms with E-state index in [2.05, 4.69) is 25.3 Å². The summed E-state index contributed by atoms with van der Waals surface area (Å²) in [5.74, 6) is 1.65. The van der Waals surface area contributed by atoms with Gasteiger partial charge in [0.2, 0.25) is 0 Å². The van der Waals surface area contributed by atoms with Crippen molar-refractivity contribution in [2.75, 3.05) is 4.90 Å². The highest BCUT2D eigenvalue weighted by atomic mass is 15.4. The summed E-state index contributed by atoms with van der Waals surface area (Å²) in [6.07, 6.45) is 1.88. The van der Waals surface area contributed by atoms with Crippen LogP contribution in [0.1, 0.15) is 11.3 Å². The lowest BCUT2D eigenvalue weighted by atomic mass is 10.2. The average molecular weight is 303 g/mol. The van der Waals surface area contributed by atoms with Crippen LogP contribution in [0.25, 0.3) is 17.0 Å². The number of hydrogen-bond acceptors (Lipinski definition) is 5. The van der Waals surface area contributed by atoms with Crippen molar-refractivity contribution in [2.24, 2.45) is 0 Å². The number of H-pyrrole nitrogens is 1. The summed E-state index contributed by atoms with van der Waals surface area (Å²) in [6, 6.07) is 13.9. The zero-order valence-electron chi connectivity index (χ0n) is 12.2. The molecule has 112 valence electrons. The van der Waals surface area contributed by atoms with Crippen molar-refractivity contribution in [3.63, 3.8) is 0 Å². The molecule has 4 heterocycles. The highest BCUT2D eigenvalue weighted by Crippen LogP contribution is 2.26. The second-order valence-electron chi connectivity index (χ2n) is 5.58. The van der Waals surface area contributed by atoms with Crippen LogP contribution in [-0.4, -0.2) is 30.0 Å². The maximum Gasteiger partial charge on any atom is 0.185 e. The smallest absolute Gasteiger partial charge is 0.185 e. The van der Waals surface area contributed by atoms with E-state index in [1.807, 2.05) is 48.7 Å². The number of fused-ring (bicyclic) bond motifs is 2. The third-order valence-electron chi connectivity index (χ3n) is 4.12. The second kappa shape index (κ2) is 4.64. The third-order valence-corrected chi connectivity index (χ3v) is 4.12. The number of benzene rings is 1. The van der Waals surface area contributed by atoms with Crippen molar-refractivity contribution >= 4 is 11.5 Å². The van der Waals surface area contributed by atoms with Crippen LogP contribution < -0.4 is 4.90 Å². The summed E-state index contributed by atoms with van der Waals surface area (Å²) >= 11 is 0. The lowest BCUT2D eigenvalue weighted by molar-refractivity contribution is 0.794. The first-order valence-electron chi connectivity index (χ1n) is 7.42. The van der Waals surface area contributed by atoms with Gasteiger partial charge in [0.1, 0.15) is 5.82 Å². The molecule has 0 saturated carbocycles. The van der Waals surface area contributed by atoms with Crippen LogP contribution in [0.2, 0.25) is 0 Å². The van der Waals surface area contributed by atoms with E-state index in [-0.39, 0.29) is 0 Å². The van der Waals surface area contributed by atoms with Gasteiger partial charge in [-0.3, -0.25) is 5.10 Å². The number of nitrogens with one attached hydrogen (secondary N) is 1. The maximum absolute atomic E-state index is 4.74. The fourth-order valence-electron chi connectivity index (χ4n) is 2.94. The molecule has 0 aliphatic carbocycles. The predicted octanol–water partition coefficient (Wildman–Crippen LogP) is 2.03. The van der Waals surface area contributed by atoms with Gasteiger partial charge in [-0.15, -0.1) is 15.3 Å². The Morgan fingerprint density at radius 2 is 1.87 bits per heavy atom. The first-order valence-corrected chi connectivity index (χ1v) is 7.42. The van der Waals surface area contributed by atoms with Crippen LogP contribution in [0.5, 0.6) is 0 Å². The number of nitrogens with zero attached hydrogens (tertiary/aromatic N) is 6. The summed E-state index contributed by atoms with van der Waals surface area (Å²) in [5.41, 5.74) is 4.12. The van der Waals surface area contributed by atoms with Gasteiger partial charge in [0.05, 0.1) is 18.4 Å². The monoisotopic (exact) mass is 303 g/mol. The first kappa shape index (κ1) is 12.3. The molecule has 1 aromatic carbocycles. The number of aromatic nitrogens is 6. The number of anilines is 1. The highest BCUT2D eigenvalue weighted by Gasteiger charge is 2.22. The molecule has 7 nitrogen and oxygen atoms in total. The van der Waals surface area contributed by atoms with Crippen molar-refractivity contribution in [1.29, 1.82) is 0 Å². The molecule has 4 aromatic rings. The van der Waals surface area contributed by atoms with Gasteiger partial charge in [-0.05, 0) is 12.1 Å². The van der Waals surface area contributed by atoms with Gasteiger partial charge >= 0.3 is 0 Å². The van der Waals surface area contributed by atoms with Gasteiger partial charge < -0.3 is 4.90 Å². The van der Waals surface area contributed by atoms with E-state index >= 15 is 0 Å². The fourth-order valence-corrected chi connectivity index (χ4v) is 2.94. The van der Waals surface area contributed by atoms with Crippen LogP contribution in [-0.2, 0) is 13.1 Å². The van der Waals surface area contributed by atoms with Crippen LogP contribution in [0, 0.1) is 0 Å². The first-order chi connectivity index (χ1) is 11.4. The van der Waals surface area contributed by atoms with Crippen LogP contribution in [0.15, 0.2) is 48.7 Å². The Kier molecular flexibility index (Phi) is 2.49. The topological polar surface area (TPSA) is 75.0 Å². The molecule has 0 unspecified atom stereocenters. The van der Waals surface area contributed by atoms with E-state index in [1.165, 1.54) is 5.56 Å². The largest absolute Gasteiger partial charge is 0.345 e. The SMILES string of the molecule is c1ccc(-c2nnc3ccc(N4Cc5cn[nH]c5C4)nn23)cc1. The Hall–Kier alpha value is -3.22. The van der Waals surface area contributed by atoms with Crippen LogP contribution in [0.3, 0.4) is 0 Å². The Morgan fingerprint density at radius 3 is 2.74 bits per heavy atom. The van der Waals surface area contributed by atoms with Gasteiger partial charge in [-0.1, -0.05) is 30.3 Å². The molecular formula is C16H13N7. The molecule has 0 spiro atoms. The minimum atomic E-state index is 0.743. The Bertz CT molecular complexity index is 966. The van der Waals surface area contributed by atoms with Crippen LogP contribution in [0.4, 0.5) is 5.82 Å². The summed E-state index contributed by atoms with van der Waals surface area (Å²) < 4.78 is 1.80. The maximum atomic E-state index is 4.74. The molecule has 23 heavy (non-hydrogen) atoms. The molecule has 5 rings (SSSR count). The molecule has 1 aliphatic heterocycles. The van der Waals surface area contributed by atoms with Crippen LogP contribution >= 0.6 is 0 Å². The van der Waals surface area contributed by atoms with Crippen molar-refractivity contribution in [1.82, 2.24) is 30.0 Å². The number of hydrogen-bond donors (Lipinski definition) is 1. The Morgan fingerprint density at radius 1 is 0.957 bits per heavy atom. The summed E-state index contributed by atoms with van der Waals surface area (Å²) in [4.78, 5) is 2.21. The third kappa shape index (κ3) is 1.90. The van der Waals surface area contributed by atoms with E-state index in [0.29, 0.717) is 0 Å². The summed E-state index contributed by atoms with van der Waals surface area (Å²) in [7, 11) is 0. The highest BCUT2D eigenvalue weighted by molar-refractivity contribution is 5.59. The van der Waals surface area contributed by atoms with E-state index in [0.717, 1.165) is 41.6 Å².